The van der Waals surface area contributed by atoms with Gasteiger partial charge in [0.05, 0.1) is 5.56 Å². The quantitative estimate of drug-likeness (QED) is 0.772. The first-order valence-electron chi connectivity index (χ1n) is 6.10. The molecule has 0 atom stereocenters. The lowest BCUT2D eigenvalue weighted by Crippen LogP contribution is -2.40. The van der Waals surface area contributed by atoms with Crippen molar-refractivity contribution in [3.05, 3.63) is 30.1 Å². The zero-order valence-electron chi connectivity index (χ0n) is 9.81. The Hall–Kier alpha value is -1.09. The van der Waals surface area contributed by atoms with Gasteiger partial charge < -0.3 is 4.90 Å². The van der Waals surface area contributed by atoms with Gasteiger partial charge in [-0.1, -0.05) is 12.8 Å². The monoisotopic (exact) mass is 252 g/mol. The van der Waals surface area contributed by atoms with Crippen LogP contribution in [0, 0.1) is 0 Å². The highest BCUT2D eigenvalue weighted by atomic mass is 35.5. The first-order valence-corrected chi connectivity index (χ1v) is 6.63. The number of alkyl halides is 1. The van der Waals surface area contributed by atoms with E-state index in [9.17, 15) is 4.79 Å². The molecule has 0 N–H and O–H groups in total. The molecular weight excluding hydrogens is 236 g/mol. The summed E-state index contributed by atoms with van der Waals surface area (Å²) in [6.07, 6.45) is 7.93. The molecule has 1 saturated carbocycles. The summed E-state index contributed by atoms with van der Waals surface area (Å²) < 4.78 is 0. The van der Waals surface area contributed by atoms with E-state index >= 15 is 0 Å². The van der Waals surface area contributed by atoms with Crippen LogP contribution in [0.5, 0.6) is 0 Å². The summed E-state index contributed by atoms with van der Waals surface area (Å²) in [4.78, 5) is 18.3. The van der Waals surface area contributed by atoms with Gasteiger partial charge in [-0.15, -0.1) is 11.6 Å². The van der Waals surface area contributed by atoms with Gasteiger partial charge in [-0.05, 0) is 25.0 Å². The minimum Gasteiger partial charge on any atom is -0.334 e. The van der Waals surface area contributed by atoms with Crippen LogP contribution in [-0.4, -0.2) is 34.3 Å². The van der Waals surface area contributed by atoms with Gasteiger partial charge in [0.2, 0.25) is 0 Å². The molecule has 1 aliphatic carbocycles. The average Bonchev–Trinajstić information content (AvgIpc) is 2.90. The van der Waals surface area contributed by atoms with Crippen molar-refractivity contribution in [1.82, 2.24) is 9.88 Å². The molecule has 2 rings (SSSR count). The Morgan fingerprint density at radius 2 is 2.24 bits per heavy atom. The number of aromatic nitrogens is 1. The number of hydrogen-bond acceptors (Lipinski definition) is 2. The van der Waals surface area contributed by atoms with E-state index < -0.39 is 0 Å². The standard InChI is InChI=1S/C13H17ClN2O/c14-7-9-16(12-5-1-2-6-12)13(17)11-4-3-8-15-10-11/h3-4,8,10,12H,1-2,5-7,9H2. The van der Waals surface area contributed by atoms with Crippen LogP contribution in [0.1, 0.15) is 36.0 Å². The van der Waals surface area contributed by atoms with Gasteiger partial charge in [-0.2, -0.15) is 0 Å². The normalized spacial score (nSPS) is 16.1. The van der Waals surface area contributed by atoms with E-state index in [0.29, 0.717) is 24.0 Å². The topological polar surface area (TPSA) is 33.2 Å². The van der Waals surface area contributed by atoms with E-state index in [1.165, 1.54) is 12.8 Å². The molecule has 92 valence electrons. The predicted octanol–water partition coefficient (Wildman–Crippen LogP) is 2.71. The maximum absolute atomic E-state index is 12.3. The fourth-order valence-corrected chi connectivity index (χ4v) is 2.59. The second kappa shape index (κ2) is 6.01. The van der Waals surface area contributed by atoms with E-state index in [1.807, 2.05) is 11.0 Å². The molecule has 0 bridgehead atoms. The van der Waals surface area contributed by atoms with Crippen molar-refractivity contribution in [1.29, 1.82) is 0 Å². The van der Waals surface area contributed by atoms with E-state index in [4.69, 9.17) is 11.6 Å². The number of halogens is 1. The van der Waals surface area contributed by atoms with Gasteiger partial charge in [0, 0.05) is 30.9 Å². The third-order valence-corrected chi connectivity index (χ3v) is 3.43. The third kappa shape index (κ3) is 2.97. The van der Waals surface area contributed by atoms with Crippen LogP contribution in [-0.2, 0) is 0 Å². The van der Waals surface area contributed by atoms with Crippen LogP contribution in [0.3, 0.4) is 0 Å². The van der Waals surface area contributed by atoms with Crippen molar-refractivity contribution in [2.24, 2.45) is 0 Å². The second-order valence-electron chi connectivity index (χ2n) is 4.37. The molecule has 0 radical (unpaired) electrons. The predicted molar refractivity (Wildman–Crippen MR) is 68.2 cm³/mol. The first kappa shape index (κ1) is 12.4. The van der Waals surface area contributed by atoms with Crippen molar-refractivity contribution in [2.45, 2.75) is 31.7 Å². The van der Waals surface area contributed by atoms with Crippen molar-refractivity contribution >= 4 is 17.5 Å². The molecule has 0 aliphatic heterocycles. The lowest BCUT2D eigenvalue weighted by atomic mass is 10.1. The Balaban J connectivity index is 2.12. The summed E-state index contributed by atoms with van der Waals surface area (Å²) in [5, 5.41) is 0. The number of hydrogen-bond donors (Lipinski definition) is 0. The molecule has 1 aromatic rings. The molecular formula is C13H17ClN2O. The highest BCUT2D eigenvalue weighted by Crippen LogP contribution is 2.24. The van der Waals surface area contributed by atoms with E-state index in [1.54, 1.807) is 18.5 Å². The lowest BCUT2D eigenvalue weighted by molar-refractivity contribution is 0.0694. The Morgan fingerprint density at radius 3 is 2.82 bits per heavy atom. The van der Waals surface area contributed by atoms with Crippen LogP contribution in [0.15, 0.2) is 24.5 Å². The van der Waals surface area contributed by atoms with Gasteiger partial charge in [-0.25, -0.2) is 0 Å². The fourth-order valence-electron chi connectivity index (χ4n) is 2.41. The van der Waals surface area contributed by atoms with Crippen molar-refractivity contribution in [3.8, 4) is 0 Å². The van der Waals surface area contributed by atoms with Gasteiger partial charge in [0.25, 0.3) is 5.91 Å². The zero-order valence-corrected chi connectivity index (χ0v) is 10.6. The number of carbonyl (C=O) groups is 1. The average molecular weight is 253 g/mol. The Bertz CT molecular complexity index is 363. The molecule has 17 heavy (non-hydrogen) atoms. The maximum Gasteiger partial charge on any atom is 0.255 e. The molecule has 1 aliphatic rings. The third-order valence-electron chi connectivity index (χ3n) is 3.26. The molecule has 4 heteroatoms. The minimum absolute atomic E-state index is 0.0608. The smallest absolute Gasteiger partial charge is 0.255 e. The summed E-state index contributed by atoms with van der Waals surface area (Å²) in [5.41, 5.74) is 0.657. The van der Waals surface area contributed by atoms with Crippen LogP contribution < -0.4 is 0 Å². The fraction of sp³-hybridized carbons (Fsp3) is 0.538. The Labute approximate surface area is 107 Å². The van der Waals surface area contributed by atoms with Gasteiger partial charge in [0.1, 0.15) is 0 Å². The Morgan fingerprint density at radius 1 is 1.47 bits per heavy atom. The molecule has 0 unspecified atom stereocenters. The van der Waals surface area contributed by atoms with Crippen LogP contribution >= 0.6 is 11.6 Å². The largest absolute Gasteiger partial charge is 0.334 e. The minimum atomic E-state index is 0.0608. The summed E-state index contributed by atoms with van der Waals surface area (Å²) in [6, 6.07) is 3.97. The summed E-state index contributed by atoms with van der Waals surface area (Å²) >= 11 is 5.80. The second-order valence-corrected chi connectivity index (χ2v) is 4.75. The first-order chi connectivity index (χ1) is 8.33. The number of carbonyl (C=O) groups excluding carboxylic acids is 1. The van der Waals surface area contributed by atoms with Crippen LogP contribution in [0.4, 0.5) is 0 Å². The van der Waals surface area contributed by atoms with Crippen LogP contribution in [0.25, 0.3) is 0 Å². The highest BCUT2D eigenvalue weighted by Gasteiger charge is 2.26. The van der Waals surface area contributed by atoms with Gasteiger partial charge >= 0.3 is 0 Å². The summed E-state index contributed by atoms with van der Waals surface area (Å²) in [6.45, 7) is 0.625. The number of amides is 1. The van der Waals surface area contributed by atoms with Crippen molar-refractivity contribution < 1.29 is 4.79 Å². The molecule has 1 fully saturated rings. The highest BCUT2D eigenvalue weighted by molar-refractivity contribution is 6.18. The number of rotatable bonds is 4. The summed E-state index contributed by atoms with van der Waals surface area (Å²) in [5.74, 6) is 0.549. The molecule has 3 nitrogen and oxygen atoms in total. The molecule has 1 heterocycles. The van der Waals surface area contributed by atoms with Crippen molar-refractivity contribution in [3.63, 3.8) is 0 Å². The van der Waals surface area contributed by atoms with E-state index in [0.717, 1.165) is 12.8 Å². The number of pyridine rings is 1. The molecule has 0 saturated heterocycles. The van der Waals surface area contributed by atoms with E-state index in [2.05, 4.69) is 4.98 Å². The Kier molecular flexibility index (Phi) is 4.37. The van der Waals surface area contributed by atoms with Crippen molar-refractivity contribution in [2.75, 3.05) is 12.4 Å². The number of nitrogens with zero attached hydrogens (tertiary/aromatic N) is 2. The maximum atomic E-state index is 12.3. The molecule has 0 aromatic carbocycles. The van der Waals surface area contributed by atoms with Gasteiger partial charge in [-0.3, -0.25) is 9.78 Å². The molecule has 1 aromatic heterocycles. The van der Waals surface area contributed by atoms with Crippen LogP contribution in [0.2, 0.25) is 0 Å². The molecule has 1 amide bonds. The lowest BCUT2D eigenvalue weighted by Gasteiger charge is -2.28. The van der Waals surface area contributed by atoms with Gasteiger partial charge in [0.15, 0.2) is 0 Å². The van der Waals surface area contributed by atoms with E-state index in [-0.39, 0.29) is 5.91 Å². The zero-order chi connectivity index (χ0) is 12.1. The SMILES string of the molecule is O=C(c1cccnc1)N(CCCl)C1CCCC1. The molecule has 0 spiro atoms. The summed E-state index contributed by atoms with van der Waals surface area (Å²) in [7, 11) is 0.